The Morgan fingerprint density at radius 3 is 1.90 bits per heavy atom. The average molecular weight is 145 g/mol. The van der Waals surface area contributed by atoms with Crippen LogP contribution in [-0.4, -0.2) is 24.9 Å². The van der Waals surface area contributed by atoms with Crippen molar-refractivity contribution in [2.75, 3.05) is 14.1 Å². The molecule has 0 aromatic carbocycles. The van der Waals surface area contributed by atoms with Gasteiger partial charge < -0.3 is 10.7 Å². The maximum Gasteiger partial charge on any atom is 0.119 e. The Kier molecular flexibility index (Phi) is 9.92. The van der Waals surface area contributed by atoms with Crippen LogP contribution in [0.5, 0.6) is 0 Å². The molecule has 0 aliphatic rings. The molecule has 0 aliphatic carbocycles. The van der Waals surface area contributed by atoms with Crippen molar-refractivity contribution >= 4 is 5.84 Å². The van der Waals surface area contributed by atoms with Gasteiger partial charge in [0, 0.05) is 20.5 Å². The standard InChI is InChI=1S/C5H13N3.C2H6/c1-4-5(6)7-8(2)3;1-2/h4H2,1-3H3,(H2,6,7);1-2H3. The molecule has 62 valence electrons. The van der Waals surface area contributed by atoms with Crippen LogP contribution in [-0.2, 0) is 0 Å². The van der Waals surface area contributed by atoms with E-state index in [4.69, 9.17) is 5.73 Å². The highest BCUT2D eigenvalue weighted by molar-refractivity contribution is 5.79. The van der Waals surface area contributed by atoms with Crippen LogP contribution in [0.25, 0.3) is 0 Å². The minimum atomic E-state index is 0.676. The maximum absolute atomic E-state index is 5.38. The average Bonchev–Trinajstić information content (AvgIpc) is 1.91. The fourth-order valence-corrected chi connectivity index (χ4v) is 0.328. The van der Waals surface area contributed by atoms with Gasteiger partial charge in [-0.2, -0.15) is 5.10 Å². The Bertz CT molecular complexity index is 86.9. The summed E-state index contributed by atoms with van der Waals surface area (Å²) in [6, 6.07) is 0. The fraction of sp³-hybridized carbons (Fsp3) is 0.857. The van der Waals surface area contributed by atoms with Crippen LogP contribution in [0.3, 0.4) is 0 Å². The largest absolute Gasteiger partial charge is 0.386 e. The molecule has 0 radical (unpaired) electrons. The molecule has 0 atom stereocenters. The van der Waals surface area contributed by atoms with Gasteiger partial charge in [-0.15, -0.1) is 0 Å². The van der Waals surface area contributed by atoms with Crippen molar-refractivity contribution in [1.82, 2.24) is 5.01 Å². The molecule has 0 rings (SSSR count). The van der Waals surface area contributed by atoms with Crippen LogP contribution in [0.4, 0.5) is 0 Å². The van der Waals surface area contributed by atoms with E-state index in [9.17, 15) is 0 Å². The number of hydrogen-bond donors (Lipinski definition) is 1. The zero-order valence-corrected chi connectivity index (χ0v) is 7.68. The van der Waals surface area contributed by atoms with Gasteiger partial charge in [0.05, 0.1) is 0 Å². The summed E-state index contributed by atoms with van der Waals surface area (Å²) < 4.78 is 0. The van der Waals surface area contributed by atoms with Crippen LogP contribution in [0.15, 0.2) is 5.10 Å². The molecule has 0 aromatic heterocycles. The first kappa shape index (κ1) is 12.0. The normalized spacial score (nSPS) is 9.90. The quantitative estimate of drug-likeness (QED) is 0.361. The van der Waals surface area contributed by atoms with E-state index in [1.807, 2.05) is 34.9 Å². The molecule has 2 N–H and O–H groups in total. The number of nitrogens with zero attached hydrogens (tertiary/aromatic N) is 2. The van der Waals surface area contributed by atoms with E-state index >= 15 is 0 Å². The van der Waals surface area contributed by atoms with E-state index in [-0.39, 0.29) is 0 Å². The molecule has 10 heavy (non-hydrogen) atoms. The molecule has 0 fully saturated rings. The Balaban J connectivity index is 0. The number of nitrogens with two attached hydrogens (primary N) is 1. The van der Waals surface area contributed by atoms with Crippen LogP contribution < -0.4 is 5.73 Å². The SMILES string of the molecule is CC.CC/C(N)=N/N(C)C. The predicted molar refractivity (Wildman–Crippen MR) is 46.9 cm³/mol. The molecule has 0 unspecified atom stereocenters. The minimum Gasteiger partial charge on any atom is -0.386 e. The van der Waals surface area contributed by atoms with Gasteiger partial charge in [0.15, 0.2) is 0 Å². The van der Waals surface area contributed by atoms with E-state index in [1.54, 1.807) is 5.01 Å². The molecule has 0 aliphatic heterocycles. The number of hydrazone groups is 1. The van der Waals surface area contributed by atoms with Crippen LogP contribution in [0.2, 0.25) is 0 Å². The summed E-state index contributed by atoms with van der Waals surface area (Å²) in [5.74, 6) is 0.676. The predicted octanol–water partition coefficient (Wildman–Crippen LogP) is 1.26. The van der Waals surface area contributed by atoms with E-state index in [0.29, 0.717) is 5.84 Å². The van der Waals surface area contributed by atoms with Gasteiger partial charge in [-0.1, -0.05) is 20.8 Å². The summed E-state index contributed by atoms with van der Waals surface area (Å²) >= 11 is 0. The topological polar surface area (TPSA) is 41.6 Å². The fourth-order valence-electron chi connectivity index (χ4n) is 0.328. The molecule has 0 heterocycles. The van der Waals surface area contributed by atoms with Gasteiger partial charge in [0.1, 0.15) is 5.84 Å². The van der Waals surface area contributed by atoms with Gasteiger partial charge in [-0.05, 0) is 0 Å². The lowest BCUT2D eigenvalue weighted by molar-refractivity contribution is 0.435. The van der Waals surface area contributed by atoms with Crippen molar-refractivity contribution in [1.29, 1.82) is 0 Å². The van der Waals surface area contributed by atoms with Crippen molar-refractivity contribution in [2.24, 2.45) is 10.8 Å². The molecule has 0 aromatic rings. The lowest BCUT2D eigenvalue weighted by Gasteiger charge is -2.03. The van der Waals surface area contributed by atoms with E-state index < -0.39 is 0 Å². The second-order valence-corrected chi connectivity index (χ2v) is 1.79. The van der Waals surface area contributed by atoms with Gasteiger partial charge in [-0.25, -0.2) is 0 Å². The summed E-state index contributed by atoms with van der Waals surface area (Å²) in [6.07, 6.45) is 0.818. The van der Waals surface area contributed by atoms with E-state index in [2.05, 4.69) is 5.10 Å². The lowest BCUT2D eigenvalue weighted by atomic mass is 10.5. The third kappa shape index (κ3) is 10.3. The molecule has 0 spiro atoms. The molecule has 3 heteroatoms. The smallest absolute Gasteiger partial charge is 0.119 e. The molecule has 0 bridgehead atoms. The molecular formula is C7H19N3. The van der Waals surface area contributed by atoms with Crippen molar-refractivity contribution in [3.63, 3.8) is 0 Å². The zero-order chi connectivity index (χ0) is 8.57. The highest BCUT2D eigenvalue weighted by Crippen LogP contribution is 1.79. The number of hydrogen-bond acceptors (Lipinski definition) is 2. The van der Waals surface area contributed by atoms with Crippen molar-refractivity contribution in [2.45, 2.75) is 27.2 Å². The summed E-state index contributed by atoms with van der Waals surface area (Å²) in [5.41, 5.74) is 5.38. The van der Waals surface area contributed by atoms with Crippen LogP contribution in [0.1, 0.15) is 27.2 Å². The second kappa shape index (κ2) is 8.27. The molecule has 0 saturated carbocycles. The first-order valence-corrected chi connectivity index (χ1v) is 3.67. The monoisotopic (exact) mass is 145 g/mol. The Hall–Kier alpha value is -0.730. The highest BCUT2D eigenvalue weighted by atomic mass is 15.4. The first-order valence-electron chi connectivity index (χ1n) is 3.67. The van der Waals surface area contributed by atoms with Crippen molar-refractivity contribution in [3.8, 4) is 0 Å². The first-order chi connectivity index (χ1) is 4.66. The van der Waals surface area contributed by atoms with Crippen LogP contribution in [0, 0.1) is 0 Å². The van der Waals surface area contributed by atoms with E-state index in [1.165, 1.54) is 0 Å². The second-order valence-electron chi connectivity index (χ2n) is 1.79. The minimum absolute atomic E-state index is 0.676. The zero-order valence-electron chi connectivity index (χ0n) is 7.68. The Morgan fingerprint density at radius 1 is 1.40 bits per heavy atom. The summed E-state index contributed by atoms with van der Waals surface area (Å²) in [4.78, 5) is 0. The lowest BCUT2D eigenvalue weighted by Crippen LogP contribution is -2.15. The molecule has 3 nitrogen and oxygen atoms in total. The van der Waals surface area contributed by atoms with Gasteiger partial charge >= 0.3 is 0 Å². The van der Waals surface area contributed by atoms with Gasteiger partial charge in [0.2, 0.25) is 0 Å². The Morgan fingerprint density at radius 2 is 1.80 bits per heavy atom. The van der Waals surface area contributed by atoms with Crippen molar-refractivity contribution in [3.05, 3.63) is 0 Å². The molecular weight excluding hydrogens is 126 g/mol. The van der Waals surface area contributed by atoms with E-state index in [0.717, 1.165) is 6.42 Å². The van der Waals surface area contributed by atoms with Crippen LogP contribution >= 0.6 is 0 Å². The summed E-state index contributed by atoms with van der Waals surface area (Å²) in [7, 11) is 3.70. The Labute approximate surface area is 63.9 Å². The van der Waals surface area contributed by atoms with Gasteiger partial charge in [-0.3, -0.25) is 0 Å². The van der Waals surface area contributed by atoms with Gasteiger partial charge in [0.25, 0.3) is 0 Å². The third-order valence-corrected chi connectivity index (χ3v) is 0.691. The molecule has 0 saturated heterocycles. The number of rotatable bonds is 2. The highest BCUT2D eigenvalue weighted by Gasteiger charge is 1.83. The molecule has 0 amide bonds. The van der Waals surface area contributed by atoms with Crippen molar-refractivity contribution < 1.29 is 0 Å². The number of amidine groups is 1. The third-order valence-electron chi connectivity index (χ3n) is 0.691. The summed E-state index contributed by atoms with van der Waals surface area (Å²) in [5, 5.41) is 5.62. The summed E-state index contributed by atoms with van der Waals surface area (Å²) in [6.45, 7) is 5.97. The maximum atomic E-state index is 5.38.